The van der Waals surface area contributed by atoms with Crippen LogP contribution in [0.2, 0.25) is 0 Å². The van der Waals surface area contributed by atoms with E-state index in [0.717, 1.165) is 5.56 Å². The maximum atomic E-state index is 12.6. The Hall–Kier alpha value is -2.08. The molecule has 0 spiro atoms. The van der Waals surface area contributed by atoms with E-state index in [-0.39, 0.29) is 4.90 Å². The van der Waals surface area contributed by atoms with Crippen LogP contribution in [-0.4, -0.2) is 27.5 Å². The van der Waals surface area contributed by atoms with Crippen molar-refractivity contribution in [3.63, 3.8) is 0 Å². The van der Waals surface area contributed by atoms with Crippen molar-refractivity contribution in [2.75, 3.05) is 23.7 Å². The summed E-state index contributed by atoms with van der Waals surface area (Å²) in [5.41, 5.74) is 1.64. The second kappa shape index (κ2) is 5.50. The zero-order chi connectivity index (χ0) is 14.8. The summed E-state index contributed by atoms with van der Waals surface area (Å²) in [4.78, 5) is 4.23. The van der Waals surface area contributed by atoms with E-state index in [1.807, 2.05) is 25.1 Å². The van der Waals surface area contributed by atoms with Crippen molar-refractivity contribution in [1.29, 1.82) is 0 Å². The van der Waals surface area contributed by atoms with Crippen LogP contribution in [0.5, 0.6) is 0 Å². The van der Waals surface area contributed by atoms with Gasteiger partial charge in [0.15, 0.2) is 0 Å². The summed E-state index contributed by atoms with van der Waals surface area (Å²) in [6.45, 7) is 1.93. The Balaban J connectivity index is 2.43. The summed E-state index contributed by atoms with van der Waals surface area (Å²) < 4.78 is 26.4. The van der Waals surface area contributed by atoms with Gasteiger partial charge in [-0.1, -0.05) is 12.1 Å². The number of hydrogen-bond donors (Lipinski definition) is 1. The predicted molar refractivity (Wildman–Crippen MR) is 80.6 cm³/mol. The molecule has 20 heavy (non-hydrogen) atoms. The molecule has 0 atom stereocenters. The Kier molecular flexibility index (Phi) is 3.94. The fourth-order valence-electron chi connectivity index (χ4n) is 1.83. The molecule has 0 aliphatic carbocycles. The van der Waals surface area contributed by atoms with E-state index in [0.29, 0.717) is 11.5 Å². The minimum atomic E-state index is -3.59. The zero-order valence-electron chi connectivity index (χ0n) is 11.7. The minimum absolute atomic E-state index is 0.209. The first kappa shape index (κ1) is 14.3. The lowest BCUT2D eigenvalue weighted by Gasteiger charge is -2.20. The smallest absolute Gasteiger partial charge is 0.264 e. The second-order valence-corrected chi connectivity index (χ2v) is 6.41. The van der Waals surface area contributed by atoms with Gasteiger partial charge in [0.25, 0.3) is 10.0 Å². The number of anilines is 2. The first-order valence-electron chi connectivity index (χ1n) is 6.14. The van der Waals surface area contributed by atoms with Crippen molar-refractivity contribution in [2.45, 2.75) is 11.8 Å². The molecular weight excluding hydrogens is 274 g/mol. The van der Waals surface area contributed by atoms with E-state index < -0.39 is 10.0 Å². The van der Waals surface area contributed by atoms with E-state index in [1.165, 1.54) is 22.6 Å². The van der Waals surface area contributed by atoms with Gasteiger partial charge < -0.3 is 5.32 Å². The van der Waals surface area contributed by atoms with Crippen LogP contribution >= 0.6 is 0 Å². The van der Waals surface area contributed by atoms with E-state index in [1.54, 1.807) is 20.2 Å². The Morgan fingerprint density at radius 3 is 2.60 bits per heavy atom. The van der Waals surface area contributed by atoms with E-state index in [9.17, 15) is 8.42 Å². The highest BCUT2D eigenvalue weighted by atomic mass is 32.2. The van der Waals surface area contributed by atoms with Crippen LogP contribution < -0.4 is 9.62 Å². The molecule has 0 bridgehead atoms. The number of nitrogens with zero attached hydrogens (tertiary/aromatic N) is 2. The Morgan fingerprint density at radius 2 is 1.95 bits per heavy atom. The first-order valence-corrected chi connectivity index (χ1v) is 7.58. The Bertz CT molecular complexity index is 714. The molecule has 0 aliphatic heterocycles. The van der Waals surface area contributed by atoms with Gasteiger partial charge in [0.05, 0.1) is 10.6 Å². The monoisotopic (exact) mass is 291 g/mol. The fourth-order valence-corrected chi connectivity index (χ4v) is 3.03. The van der Waals surface area contributed by atoms with Gasteiger partial charge in [0, 0.05) is 26.4 Å². The number of pyridine rings is 1. The van der Waals surface area contributed by atoms with Crippen molar-refractivity contribution in [3.05, 3.63) is 48.2 Å². The van der Waals surface area contributed by atoms with Gasteiger partial charge in [0.1, 0.15) is 5.82 Å². The topological polar surface area (TPSA) is 62.3 Å². The lowest BCUT2D eigenvalue weighted by atomic mass is 10.2. The van der Waals surface area contributed by atoms with Gasteiger partial charge in [-0.05, 0) is 30.7 Å². The van der Waals surface area contributed by atoms with Crippen LogP contribution in [-0.2, 0) is 10.0 Å². The molecule has 1 heterocycles. The third kappa shape index (κ3) is 2.75. The van der Waals surface area contributed by atoms with E-state index in [4.69, 9.17) is 0 Å². The van der Waals surface area contributed by atoms with Crippen molar-refractivity contribution >= 4 is 21.5 Å². The molecule has 0 fully saturated rings. The van der Waals surface area contributed by atoms with Crippen LogP contribution in [0.4, 0.5) is 11.5 Å². The Morgan fingerprint density at radius 1 is 1.20 bits per heavy atom. The molecule has 106 valence electrons. The maximum absolute atomic E-state index is 12.6. The lowest BCUT2D eigenvalue weighted by Crippen LogP contribution is -2.26. The number of aromatic nitrogens is 1. The maximum Gasteiger partial charge on any atom is 0.264 e. The van der Waals surface area contributed by atoms with E-state index in [2.05, 4.69) is 10.3 Å². The van der Waals surface area contributed by atoms with Crippen LogP contribution in [0.15, 0.2) is 47.5 Å². The molecular formula is C14H17N3O2S. The van der Waals surface area contributed by atoms with Gasteiger partial charge in [-0.15, -0.1) is 0 Å². The molecule has 0 saturated heterocycles. The molecule has 1 aromatic carbocycles. The number of nitrogens with one attached hydrogen (secondary N) is 1. The predicted octanol–water partition coefficient (Wildman–Crippen LogP) is 2.26. The number of sulfonamides is 1. The zero-order valence-corrected chi connectivity index (χ0v) is 12.5. The fraction of sp³-hybridized carbons (Fsp3) is 0.214. The van der Waals surface area contributed by atoms with Gasteiger partial charge in [-0.3, -0.25) is 4.31 Å². The quantitative estimate of drug-likeness (QED) is 0.938. The molecule has 0 aliphatic rings. The van der Waals surface area contributed by atoms with Crippen LogP contribution in [0.3, 0.4) is 0 Å². The van der Waals surface area contributed by atoms with Crippen LogP contribution in [0.25, 0.3) is 0 Å². The molecule has 2 aromatic rings. The number of aryl methyl sites for hydroxylation is 1. The average molecular weight is 291 g/mol. The Labute approximate surface area is 119 Å². The molecule has 2 rings (SSSR count). The molecule has 0 amide bonds. The highest BCUT2D eigenvalue weighted by molar-refractivity contribution is 7.92. The SMILES string of the molecule is CNc1cc(S(=O)(=O)N(C)c2cccc(C)c2)ccn1. The van der Waals surface area contributed by atoms with Crippen LogP contribution in [0, 0.1) is 6.92 Å². The number of rotatable bonds is 4. The van der Waals surface area contributed by atoms with Crippen molar-refractivity contribution in [3.8, 4) is 0 Å². The van der Waals surface area contributed by atoms with Gasteiger partial charge in [-0.25, -0.2) is 13.4 Å². The largest absolute Gasteiger partial charge is 0.373 e. The highest BCUT2D eigenvalue weighted by Gasteiger charge is 2.21. The summed E-state index contributed by atoms with van der Waals surface area (Å²) in [6, 6.07) is 10.4. The van der Waals surface area contributed by atoms with Gasteiger partial charge >= 0.3 is 0 Å². The first-order chi connectivity index (χ1) is 9.45. The molecule has 5 nitrogen and oxygen atoms in total. The van der Waals surface area contributed by atoms with E-state index >= 15 is 0 Å². The summed E-state index contributed by atoms with van der Waals surface area (Å²) in [7, 11) is -0.345. The summed E-state index contributed by atoms with van der Waals surface area (Å²) in [5.74, 6) is 0.517. The van der Waals surface area contributed by atoms with Crippen molar-refractivity contribution in [2.24, 2.45) is 0 Å². The molecule has 0 radical (unpaired) electrons. The highest BCUT2D eigenvalue weighted by Crippen LogP contribution is 2.23. The normalized spacial score (nSPS) is 11.2. The molecule has 1 N–H and O–H groups in total. The number of benzene rings is 1. The standard InChI is InChI=1S/C14H17N3O2S/c1-11-5-4-6-12(9-11)17(3)20(18,19)13-7-8-16-14(10-13)15-2/h4-10H,1-3H3,(H,15,16). The summed E-state index contributed by atoms with van der Waals surface area (Å²) in [6.07, 6.45) is 1.48. The van der Waals surface area contributed by atoms with Crippen LogP contribution in [0.1, 0.15) is 5.56 Å². The molecule has 0 unspecified atom stereocenters. The van der Waals surface area contributed by atoms with Gasteiger partial charge in [-0.2, -0.15) is 0 Å². The van der Waals surface area contributed by atoms with Gasteiger partial charge in [0.2, 0.25) is 0 Å². The molecule has 6 heteroatoms. The molecule has 0 saturated carbocycles. The summed E-state index contributed by atoms with van der Waals surface area (Å²) >= 11 is 0. The third-order valence-corrected chi connectivity index (χ3v) is 4.79. The average Bonchev–Trinajstić information content (AvgIpc) is 2.46. The minimum Gasteiger partial charge on any atom is -0.373 e. The summed E-state index contributed by atoms with van der Waals surface area (Å²) in [5, 5.41) is 2.83. The van der Waals surface area contributed by atoms with Crippen molar-refractivity contribution in [1.82, 2.24) is 4.98 Å². The lowest BCUT2D eigenvalue weighted by molar-refractivity contribution is 0.594. The second-order valence-electron chi connectivity index (χ2n) is 4.44. The molecule has 1 aromatic heterocycles. The third-order valence-electron chi connectivity index (χ3n) is 3.01. The number of hydrogen-bond acceptors (Lipinski definition) is 4. The van der Waals surface area contributed by atoms with Crippen molar-refractivity contribution < 1.29 is 8.42 Å².